The predicted molar refractivity (Wildman–Crippen MR) is 77.6 cm³/mol. The van der Waals surface area contributed by atoms with Crippen molar-refractivity contribution in [1.82, 2.24) is 0 Å². The van der Waals surface area contributed by atoms with Crippen LogP contribution in [0.5, 0.6) is 5.75 Å². The highest BCUT2D eigenvalue weighted by molar-refractivity contribution is 5.85. The van der Waals surface area contributed by atoms with E-state index < -0.39 is 12.4 Å². The first-order valence-electron chi connectivity index (χ1n) is 6.01. The van der Waals surface area contributed by atoms with E-state index in [2.05, 4.69) is 4.74 Å². The van der Waals surface area contributed by atoms with Crippen LogP contribution in [-0.4, -0.2) is 6.36 Å². The molecule has 0 radical (unpaired) electrons. The van der Waals surface area contributed by atoms with Crippen molar-refractivity contribution in [2.24, 2.45) is 5.73 Å². The number of halogens is 4. The zero-order chi connectivity index (χ0) is 15.5. The number of alkyl halides is 3. The van der Waals surface area contributed by atoms with Gasteiger partial charge < -0.3 is 10.5 Å². The first-order valence-corrected chi connectivity index (χ1v) is 6.01. The lowest BCUT2D eigenvalue weighted by Crippen LogP contribution is -2.17. The minimum atomic E-state index is -4.73. The maximum absolute atomic E-state index is 12.1. The summed E-state index contributed by atoms with van der Waals surface area (Å²) in [7, 11) is 0. The zero-order valence-electron chi connectivity index (χ0n) is 11.2. The molecule has 0 spiro atoms. The Labute approximate surface area is 131 Å². The summed E-state index contributed by atoms with van der Waals surface area (Å²) < 4.78 is 40.0. The van der Waals surface area contributed by atoms with Gasteiger partial charge in [0.2, 0.25) is 0 Å². The molecule has 0 unspecified atom stereocenters. The summed E-state index contributed by atoms with van der Waals surface area (Å²) in [6.45, 7) is 0. The first-order chi connectivity index (χ1) is 9.90. The quantitative estimate of drug-likeness (QED) is 0.928. The molecule has 0 aliphatic heterocycles. The topological polar surface area (TPSA) is 59.0 Å². The number of nitrogens with two attached hydrogens (primary N) is 1. The van der Waals surface area contributed by atoms with Gasteiger partial charge in [0.15, 0.2) is 0 Å². The van der Waals surface area contributed by atoms with Crippen LogP contribution in [0.2, 0.25) is 0 Å². The van der Waals surface area contributed by atoms with Crippen LogP contribution in [0.4, 0.5) is 13.2 Å². The van der Waals surface area contributed by atoms with Crippen molar-refractivity contribution in [2.75, 3.05) is 0 Å². The standard InChI is InChI=1S/C15H11F3N2O.ClH/c16-15(17,18)21-12-7-5-10(6-8-12)14(20)13-4-2-1-3-11(13)9-19;/h1-8,14H,20H2;1H/t14-;/m1./s1. The number of hydrogen-bond acceptors (Lipinski definition) is 3. The normalized spacial score (nSPS) is 12.0. The molecule has 2 aromatic carbocycles. The van der Waals surface area contributed by atoms with Gasteiger partial charge in [0.1, 0.15) is 5.75 Å². The van der Waals surface area contributed by atoms with Crippen LogP contribution in [0.25, 0.3) is 0 Å². The van der Waals surface area contributed by atoms with E-state index in [0.717, 1.165) is 0 Å². The van der Waals surface area contributed by atoms with Gasteiger partial charge in [-0.1, -0.05) is 30.3 Å². The van der Waals surface area contributed by atoms with Gasteiger partial charge in [-0.3, -0.25) is 0 Å². The van der Waals surface area contributed by atoms with E-state index >= 15 is 0 Å². The molecule has 0 heterocycles. The highest BCUT2D eigenvalue weighted by Gasteiger charge is 2.31. The molecule has 0 bridgehead atoms. The lowest BCUT2D eigenvalue weighted by Gasteiger charge is -2.15. The van der Waals surface area contributed by atoms with E-state index in [1.165, 1.54) is 24.3 Å². The Hall–Kier alpha value is -2.23. The Morgan fingerprint density at radius 1 is 1.05 bits per heavy atom. The zero-order valence-corrected chi connectivity index (χ0v) is 12.0. The number of ether oxygens (including phenoxy) is 1. The fourth-order valence-electron chi connectivity index (χ4n) is 1.93. The Kier molecular flexibility index (Phi) is 5.80. The van der Waals surface area contributed by atoms with E-state index in [4.69, 9.17) is 11.0 Å². The van der Waals surface area contributed by atoms with Crippen molar-refractivity contribution in [2.45, 2.75) is 12.4 Å². The van der Waals surface area contributed by atoms with Crippen molar-refractivity contribution < 1.29 is 17.9 Å². The van der Waals surface area contributed by atoms with Gasteiger partial charge in [0.05, 0.1) is 17.7 Å². The summed E-state index contributed by atoms with van der Waals surface area (Å²) in [6, 6.07) is 13.5. The number of rotatable bonds is 3. The third-order valence-electron chi connectivity index (χ3n) is 2.89. The molecule has 0 saturated carbocycles. The predicted octanol–water partition coefficient (Wildman–Crippen LogP) is 3.93. The summed E-state index contributed by atoms with van der Waals surface area (Å²) in [5.41, 5.74) is 7.69. The van der Waals surface area contributed by atoms with E-state index in [9.17, 15) is 13.2 Å². The van der Waals surface area contributed by atoms with E-state index in [1.807, 2.05) is 6.07 Å². The molecule has 0 aliphatic rings. The highest BCUT2D eigenvalue weighted by atomic mass is 35.5. The van der Waals surface area contributed by atoms with E-state index in [-0.39, 0.29) is 18.2 Å². The molecule has 1 atom stereocenters. The number of nitriles is 1. The van der Waals surface area contributed by atoms with Crippen molar-refractivity contribution in [3.63, 3.8) is 0 Å². The number of nitrogens with zero attached hydrogens (tertiary/aromatic N) is 1. The summed E-state index contributed by atoms with van der Waals surface area (Å²) in [5.74, 6) is -0.313. The molecule has 0 aliphatic carbocycles. The van der Waals surface area contributed by atoms with Crippen LogP contribution in [0.1, 0.15) is 22.7 Å². The molecule has 2 rings (SSSR count). The summed E-state index contributed by atoms with van der Waals surface area (Å²) >= 11 is 0. The van der Waals surface area contributed by atoms with Gasteiger partial charge in [0, 0.05) is 0 Å². The van der Waals surface area contributed by atoms with Crippen molar-refractivity contribution in [1.29, 1.82) is 5.26 Å². The van der Waals surface area contributed by atoms with Gasteiger partial charge in [-0.05, 0) is 29.3 Å². The highest BCUT2D eigenvalue weighted by Crippen LogP contribution is 2.27. The lowest BCUT2D eigenvalue weighted by atomic mass is 9.96. The molecule has 0 fully saturated rings. The molecule has 2 N–H and O–H groups in total. The van der Waals surface area contributed by atoms with Crippen molar-refractivity contribution in [3.05, 3.63) is 65.2 Å². The van der Waals surface area contributed by atoms with Crippen LogP contribution in [0.3, 0.4) is 0 Å². The van der Waals surface area contributed by atoms with Crippen molar-refractivity contribution >= 4 is 12.4 Å². The minimum absolute atomic E-state index is 0. The van der Waals surface area contributed by atoms with Gasteiger partial charge in [0.25, 0.3) is 0 Å². The number of hydrogen-bond donors (Lipinski definition) is 1. The van der Waals surface area contributed by atoms with E-state index in [0.29, 0.717) is 16.7 Å². The molecule has 116 valence electrons. The molecular weight excluding hydrogens is 317 g/mol. The molecule has 7 heteroatoms. The maximum Gasteiger partial charge on any atom is 0.573 e. The molecular formula is C15H12ClF3N2O. The molecule has 22 heavy (non-hydrogen) atoms. The molecule has 2 aromatic rings. The largest absolute Gasteiger partial charge is 0.573 e. The molecule has 0 saturated heterocycles. The Balaban J connectivity index is 0.00000242. The summed E-state index contributed by atoms with van der Waals surface area (Å²) in [4.78, 5) is 0. The minimum Gasteiger partial charge on any atom is -0.406 e. The van der Waals surface area contributed by atoms with Gasteiger partial charge in [-0.2, -0.15) is 5.26 Å². The SMILES string of the molecule is Cl.N#Cc1ccccc1[C@H](N)c1ccc(OC(F)(F)F)cc1. The summed E-state index contributed by atoms with van der Waals surface area (Å²) in [5, 5.41) is 9.04. The van der Waals surface area contributed by atoms with Crippen LogP contribution in [-0.2, 0) is 0 Å². The molecule has 0 aromatic heterocycles. The Bertz CT molecular complexity index is 666. The number of benzene rings is 2. The molecule has 0 amide bonds. The fraction of sp³-hybridized carbons (Fsp3) is 0.133. The smallest absolute Gasteiger partial charge is 0.406 e. The third-order valence-corrected chi connectivity index (χ3v) is 2.89. The van der Waals surface area contributed by atoms with Crippen molar-refractivity contribution in [3.8, 4) is 11.8 Å². The Morgan fingerprint density at radius 2 is 1.64 bits per heavy atom. The average Bonchev–Trinajstić information content (AvgIpc) is 2.45. The van der Waals surface area contributed by atoms with Crippen LogP contribution < -0.4 is 10.5 Å². The first kappa shape index (κ1) is 17.8. The second-order valence-corrected chi connectivity index (χ2v) is 4.29. The lowest BCUT2D eigenvalue weighted by molar-refractivity contribution is -0.274. The fourth-order valence-corrected chi connectivity index (χ4v) is 1.93. The van der Waals surface area contributed by atoms with Gasteiger partial charge in [-0.25, -0.2) is 0 Å². The van der Waals surface area contributed by atoms with Crippen LogP contribution in [0, 0.1) is 11.3 Å². The van der Waals surface area contributed by atoms with Crippen LogP contribution in [0.15, 0.2) is 48.5 Å². The second-order valence-electron chi connectivity index (χ2n) is 4.29. The average molecular weight is 329 g/mol. The third kappa shape index (κ3) is 4.38. The van der Waals surface area contributed by atoms with Gasteiger partial charge >= 0.3 is 6.36 Å². The second kappa shape index (κ2) is 7.16. The maximum atomic E-state index is 12.1. The van der Waals surface area contributed by atoms with Gasteiger partial charge in [-0.15, -0.1) is 25.6 Å². The Morgan fingerprint density at radius 3 is 2.18 bits per heavy atom. The van der Waals surface area contributed by atoms with Crippen LogP contribution >= 0.6 is 12.4 Å². The van der Waals surface area contributed by atoms with E-state index in [1.54, 1.807) is 24.3 Å². The molecule has 3 nitrogen and oxygen atoms in total. The monoisotopic (exact) mass is 328 g/mol. The summed E-state index contributed by atoms with van der Waals surface area (Å²) in [6.07, 6.45) is -4.73.